The fraction of sp³-hybridized carbons (Fsp3) is 0.160. The molecule has 0 unspecified atom stereocenters. The molecule has 2 heterocycles. The highest BCUT2D eigenvalue weighted by Gasteiger charge is 2.26. The number of fused-ring (bicyclic) bond motifs is 1. The number of carbonyl (C=O) groups excluding carboxylic acids is 2. The monoisotopic (exact) mass is 509 g/mol. The van der Waals surface area contributed by atoms with Crippen LogP contribution in [0.3, 0.4) is 0 Å². The van der Waals surface area contributed by atoms with E-state index in [1.807, 2.05) is 0 Å². The zero-order valence-electron chi connectivity index (χ0n) is 19.7. The van der Waals surface area contributed by atoms with Gasteiger partial charge in [-0.25, -0.2) is 22.9 Å². The Labute approximate surface area is 207 Å². The number of hydrogen-bond acceptors (Lipinski definition) is 7. The summed E-state index contributed by atoms with van der Waals surface area (Å²) in [6.45, 7) is 0. The number of hydrogen-bond donors (Lipinski definition) is 2. The number of aryl methyl sites for hydroxylation is 1. The van der Waals surface area contributed by atoms with Gasteiger partial charge in [0.25, 0.3) is 11.5 Å². The molecular formula is C25H21F2N5O5. The number of nitrogen functional groups attached to an aromatic ring is 1. The standard InChI is InChI=1S/C25H21F2N5O5/c1-31-20-12-29-8-7-16(20)23(34)32(25(31)36)15-5-3-13(4-6-15)9-19(24(35)37-2)30-22(33)21-17(26)10-14(28)11-18(21)27/h3-8,10-12,19H,9,28H2,1-2H3,(H,30,33)/t19-/m0/s1. The maximum Gasteiger partial charge on any atom is 0.335 e. The second-order valence-electron chi connectivity index (χ2n) is 8.15. The average Bonchev–Trinajstić information content (AvgIpc) is 2.87. The first-order chi connectivity index (χ1) is 17.6. The van der Waals surface area contributed by atoms with Gasteiger partial charge in [-0.15, -0.1) is 0 Å². The summed E-state index contributed by atoms with van der Waals surface area (Å²) >= 11 is 0. The summed E-state index contributed by atoms with van der Waals surface area (Å²) in [4.78, 5) is 54.6. The minimum absolute atomic E-state index is 0.104. The molecule has 4 aromatic rings. The molecule has 10 nitrogen and oxygen atoms in total. The van der Waals surface area contributed by atoms with E-state index in [1.165, 1.54) is 42.2 Å². The van der Waals surface area contributed by atoms with Gasteiger partial charge in [0.1, 0.15) is 23.2 Å². The van der Waals surface area contributed by atoms with Gasteiger partial charge >= 0.3 is 11.7 Å². The van der Waals surface area contributed by atoms with E-state index in [2.05, 4.69) is 10.3 Å². The largest absolute Gasteiger partial charge is 0.467 e. The maximum absolute atomic E-state index is 14.2. The fourth-order valence-corrected chi connectivity index (χ4v) is 3.91. The molecule has 1 amide bonds. The molecule has 3 N–H and O–H groups in total. The van der Waals surface area contributed by atoms with Crippen LogP contribution in [0.25, 0.3) is 16.6 Å². The maximum atomic E-state index is 14.2. The molecule has 2 aromatic carbocycles. The third-order valence-electron chi connectivity index (χ3n) is 5.79. The summed E-state index contributed by atoms with van der Waals surface area (Å²) in [6, 6.07) is 7.90. The van der Waals surface area contributed by atoms with Crippen molar-refractivity contribution in [1.82, 2.24) is 19.4 Å². The number of nitrogens with two attached hydrogens (primary N) is 1. The highest BCUT2D eigenvalue weighted by Crippen LogP contribution is 2.18. The first kappa shape index (κ1) is 25.2. The Kier molecular flexibility index (Phi) is 6.83. The third kappa shape index (κ3) is 4.81. The summed E-state index contributed by atoms with van der Waals surface area (Å²) in [6.07, 6.45) is 2.77. The number of nitrogens with zero attached hydrogens (tertiary/aromatic N) is 3. The lowest BCUT2D eigenvalue weighted by Gasteiger charge is -2.18. The number of anilines is 1. The number of rotatable bonds is 6. The summed E-state index contributed by atoms with van der Waals surface area (Å²) < 4.78 is 35.3. The van der Waals surface area contributed by atoms with Crippen molar-refractivity contribution in [1.29, 1.82) is 0 Å². The SMILES string of the molecule is COC(=O)[C@H](Cc1ccc(-n2c(=O)c3ccncc3n(C)c2=O)cc1)NC(=O)c1c(F)cc(N)cc1F. The van der Waals surface area contributed by atoms with Crippen molar-refractivity contribution in [2.24, 2.45) is 7.05 Å². The van der Waals surface area contributed by atoms with E-state index in [0.29, 0.717) is 16.5 Å². The molecule has 0 saturated carbocycles. The molecule has 0 saturated heterocycles. The van der Waals surface area contributed by atoms with Crippen LogP contribution in [0, 0.1) is 11.6 Å². The second kappa shape index (κ2) is 10.0. The van der Waals surface area contributed by atoms with E-state index >= 15 is 0 Å². The molecule has 0 spiro atoms. The molecule has 190 valence electrons. The molecule has 1 atom stereocenters. The van der Waals surface area contributed by atoms with Crippen molar-refractivity contribution in [3.05, 3.63) is 98.5 Å². The van der Waals surface area contributed by atoms with E-state index in [1.54, 1.807) is 12.1 Å². The Morgan fingerprint density at radius 2 is 1.76 bits per heavy atom. The molecular weight excluding hydrogens is 488 g/mol. The molecule has 2 aromatic heterocycles. The summed E-state index contributed by atoms with van der Waals surface area (Å²) in [7, 11) is 2.62. The zero-order valence-corrected chi connectivity index (χ0v) is 19.7. The number of aromatic nitrogens is 3. The van der Waals surface area contributed by atoms with Gasteiger partial charge in [0.2, 0.25) is 0 Å². The van der Waals surface area contributed by atoms with E-state index in [0.717, 1.165) is 23.8 Å². The number of benzene rings is 2. The number of esters is 1. The molecule has 0 aliphatic heterocycles. The smallest absolute Gasteiger partial charge is 0.335 e. The number of halogens is 2. The van der Waals surface area contributed by atoms with Crippen LogP contribution in [0.15, 0.2) is 64.4 Å². The first-order valence-electron chi connectivity index (χ1n) is 10.9. The Morgan fingerprint density at radius 3 is 2.38 bits per heavy atom. The van der Waals surface area contributed by atoms with Crippen molar-refractivity contribution >= 4 is 28.5 Å². The van der Waals surface area contributed by atoms with E-state index in [4.69, 9.17) is 10.5 Å². The number of methoxy groups -OCH3 is 1. The molecule has 0 radical (unpaired) electrons. The first-order valence-corrected chi connectivity index (χ1v) is 10.9. The van der Waals surface area contributed by atoms with E-state index < -0.39 is 46.4 Å². The lowest BCUT2D eigenvalue weighted by atomic mass is 10.0. The Balaban J connectivity index is 1.63. The van der Waals surface area contributed by atoms with Crippen LogP contribution in [0.1, 0.15) is 15.9 Å². The summed E-state index contributed by atoms with van der Waals surface area (Å²) in [5.74, 6) is -4.37. The normalized spacial score (nSPS) is 11.8. The minimum Gasteiger partial charge on any atom is -0.467 e. The second-order valence-corrected chi connectivity index (χ2v) is 8.15. The Hall–Kier alpha value is -4.87. The quantitative estimate of drug-likeness (QED) is 0.296. The fourth-order valence-electron chi connectivity index (χ4n) is 3.91. The van der Waals surface area contributed by atoms with Gasteiger partial charge < -0.3 is 15.8 Å². The molecule has 12 heteroatoms. The Bertz CT molecular complexity index is 1620. The van der Waals surface area contributed by atoms with Crippen molar-refractivity contribution in [2.75, 3.05) is 12.8 Å². The van der Waals surface area contributed by atoms with Gasteiger partial charge in [0.05, 0.1) is 29.9 Å². The third-order valence-corrected chi connectivity index (χ3v) is 5.79. The van der Waals surface area contributed by atoms with Crippen LogP contribution < -0.4 is 22.3 Å². The van der Waals surface area contributed by atoms with E-state index in [9.17, 15) is 28.0 Å². The number of amides is 1. The lowest BCUT2D eigenvalue weighted by Crippen LogP contribution is -2.43. The molecule has 0 aliphatic carbocycles. The number of nitrogens with one attached hydrogen (secondary N) is 1. The number of carbonyl (C=O) groups is 2. The van der Waals surface area contributed by atoms with Crippen LogP contribution >= 0.6 is 0 Å². The van der Waals surface area contributed by atoms with Crippen LogP contribution in [-0.4, -0.2) is 39.1 Å². The molecule has 37 heavy (non-hydrogen) atoms. The van der Waals surface area contributed by atoms with Crippen molar-refractivity contribution in [3.8, 4) is 5.69 Å². The van der Waals surface area contributed by atoms with Crippen LogP contribution in [0.5, 0.6) is 0 Å². The van der Waals surface area contributed by atoms with Crippen molar-refractivity contribution < 1.29 is 23.1 Å². The molecule has 4 rings (SSSR count). The van der Waals surface area contributed by atoms with Gasteiger partial charge in [0, 0.05) is 25.4 Å². The number of ether oxygens (including phenoxy) is 1. The van der Waals surface area contributed by atoms with Gasteiger partial charge in [-0.3, -0.25) is 19.1 Å². The van der Waals surface area contributed by atoms with Crippen molar-refractivity contribution in [2.45, 2.75) is 12.5 Å². The zero-order chi connectivity index (χ0) is 26.9. The number of pyridine rings is 1. The average molecular weight is 509 g/mol. The van der Waals surface area contributed by atoms with Crippen LogP contribution in [0.2, 0.25) is 0 Å². The predicted octanol–water partition coefficient (Wildman–Crippen LogP) is 1.46. The van der Waals surface area contributed by atoms with Gasteiger partial charge in [0.15, 0.2) is 0 Å². The summed E-state index contributed by atoms with van der Waals surface area (Å²) in [5, 5.41) is 2.58. The van der Waals surface area contributed by atoms with Crippen LogP contribution in [0.4, 0.5) is 14.5 Å². The Morgan fingerprint density at radius 1 is 1.11 bits per heavy atom. The highest BCUT2D eigenvalue weighted by molar-refractivity contribution is 5.97. The molecule has 0 bridgehead atoms. The van der Waals surface area contributed by atoms with E-state index in [-0.39, 0.29) is 17.8 Å². The predicted molar refractivity (Wildman–Crippen MR) is 130 cm³/mol. The molecule has 0 aliphatic rings. The van der Waals surface area contributed by atoms with Crippen molar-refractivity contribution in [3.63, 3.8) is 0 Å². The summed E-state index contributed by atoms with van der Waals surface area (Å²) in [5.41, 5.74) is 4.35. The highest BCUT2D eigenvalue weighted by atomic mass is 19.1. The van der Waals surface area contributed by atoms with Gasteiger partial charge in [-0.2, -0.15) is 0 Å². The van der Waals surface area contributed by atoms with Crippen LogP contribution in [-0.2, 0) is 23.0 Å². The van der Waals surface area contributed by atoms with Gasteiger partial charge in [-0.1, -0.05) is 12.1 Å². The molecule has 0 fully saturated rings. The van der Waals surface area contributed by atoms with Gasteiger partial charge in [-0.05, 0) is 35.9 Å². The topological polar surface area (TPSA) is 138 Å². The minimum atomic E-state index is -1.29. The lowest BCUT2D eigenvalue weighted by molar-refractivity contribution is -0.142.